The van der Waals surface area contributed by atoms with E-state index in [9.17, 15) is 4.79 Å². The van der Waals surface area contributed by atoms with Crippen LogP contribution < -0.4 is 5.43 Å². The van der Waals surface area contributed by atoms with Crippen molar-refractivity contribution in [2.75, 3.05) is 0 Å². The lowest BCUT2D eigenvalue weighted by molar-refractivity contribution is 0.0949. The molecule has 2 aromatic rings. The van der Waals surface area contributed by atoms with E-state index in [2.05, 4.69) is 36.7 Å². The van der Waals surface area contributed by atoms with Crippen LogP contribution in [0.15, 0.2) is 39.9 Å². The number of allylic oxidation sites excluding steroid dienone is 1. The fourth-order valence-electron chi connectivity index (χ4n) is 2.62. The Morgan fingerprint density at radius 2 is 2.04 bits per heavy atom. The minimum absolute atomic E-state index is 0.277. The molecule has 0 saturated carbocycles. The van der Waals surface area contributed by atoms with Gasteiger partial charge in [-0.1, -0.05) is 30.3 Å². The molecule has 0 atom stereocenters. The molecule has 0 spiro atoms. The summed E-state index contributed by atoms with van der Waals surface area (Å²) in [5, 5.41) is 11.1. The van der Waals surface area contributed by atoms with Crippen molar-refractivity contribution >= 4 is 34.1 Å². The Kier molecular flexibility index (Phi) is 5.02. The van der Waals surface area contributed by atoms with E-state index in [0.29, 0.717) is 5.69 Å². The van der Waals surface area contributed by atoms with Crippen molar-refractivity contribution in [1.82, 2.24) is 15.6 Å². The molecule has 1 amide bonds. The average Bonchev–Trinajstić information content (AvgIpc) is 3.00. The van der Waals surface area contributed by atoms with Gasteiger partial charge in [-0.25, -0.2) is 5.43 Å². The summed E-state index contributed by atoms with van der Waals surface area (Å²) in [6.45, 7) is 0. The Bertz CT molecular complexity index is 749. The minimum atomic E-state index is -0.277. The number of aromatic nitrogens is 2. The molecule has 1 heterocycles. The number of rotatable bonds is 4. The molecular formula is C17H17BrN4O. The van der Waals surface area contributed by atoms with Crippen molar-refractivity contribution in [3.05, 3.63) is 57.3 Å². The Labute approximate surface area is 143 Å². The zero-order valence-electron chi connectivity index (χ0n) is 12.6. The number of benzene rings is 1. The predicted molar refractivity (Wildman–Crippen MR) is 94.5 cm³/mol. The maximum Gasteiger partial charge on any atom is 0.292 e. The number of hydrazone groups is 1. The lowest BCUT2D eigenvalue weighted by atomic mass is 9.96. The van der Waals surface area contributed by atoms with Gasteiger partial charge in [0.2, 0.25) is 0 Å². The van der Waals surface area contributed by atoms with Crippen LogP contribution in [0.3, 0.4) is 0 Å². The van der Waals surface area contributed by atoms with Gasteiger partial charge in [0.15, 0.2) is 5.69 Å². The van der Waals surface area contributed by atoms with Crippen LogP contribution >= 0.6 is 15.9 Å². The number of halogens is 1. The number of amides is 1. The number of fused-ring (bicyclic) bond motifs is 1. The van der Waals surface area contributed by atoms with E-state index in [-0.39, 0.29) is 5.91 Å². The molecule has 0 unspecified atom stereocenters. The summed E-state index contributed by atoms with van der Waals surface area (Å²) in [5.74, 6) is -0.277. The second-order valence-corrected chi connectivity index (χ2v) is 6.29. The molecule has 1 aromatic heterocycles. The van der Waals surface area contributed by atoms with Crippen molar-refractivity contribution in [3.63, 3.8) is 0 Å². The van der Waals surface area contributed by atoms with E-state index in [0.717, 1.165) is 47.0 Å². The number of H-pyrrole nitrogens is 1. The zero-order valence-corrected chi connectivity index (χ0v) is 14.1. The summed E-state index contributed by atoms with van der Waals surface area (Å²) in [6, 6.07) is 9.87. The lowest BCUT2D eigenvalue weighted by Gasteiger charge is -2.10. The summed E-state index contributed by atoms with van der Waals surface area (Å²) in [7, 11) is 0. The Hall–Kier alpha value is -2.21. The minimum Gasteiger partial charge on any atom is -0.281 e. The van der Waals surface area contributed by atoms with Gasteiger partial charge in [0.25, 0.3) is 5.91 Å². The van der Waals surface area contributed by atoms with Crippen molar-refractivity contribution < 1.29 is 4.79 Å². The van der Waals surface area contributed by atoms with Gasteiger partial charge in [-0.3, -0.25) is 9.89 Å². The van der Waals surface area contributed by atoms with Crippen molar-refractivity contribution in [1.29, 1.82) is 0 Å². The summed E-state index contributed by atoms with van der Waals surface area (Å²) in [4.78, 5) is 12.2. The van der Waals surface area contributed by atoms with Gasteiger partial charge in [0.1, 0.15) is 0 Å². The van der Waals surface area contributed by atoms with Gasteiger partial charge in [-0.15, -0.1) is 0 Å². The summed E-state index contributed by atoms with van der Waals surface area (Å²) in [6.07, 6.45) is 7.59. The molecular weight excluding hydrogens is 356 g/mol. The Morgan fingerprint density at radius 1 is 1.26 bits per heavy atom. The van der Waals surface area contributed by atoms with Crippen LogP contribution in [-0.4, -0.2) is 22.3 Å². The molecule has 0 fully saturated rings. The number of nitrogens with zero attached hydrogens (tertiary/aromatic N) is 2. The van der Waals surface area contributed by atoms with Gasteiger partial charge in [0.05, 0.1) is 6.21 Å². The van der Waals surface area contributed by atoms with Gasteiger partial charge < -0.3 is 0 Å². The fourth-order valence-corrected chi connectivity index (χ4v) is 2.99. The maximum absolute atomic E-state index is 12.2. The highest BCUT2D eigenvalue weighted by atomic mass is 79.9. The quantitative estimate of drug-likeness (QED) is 0.637. The third kappa shape index (κ3) is 3.96. The summed E-state index contributed by atoms with van der Waals surface area (Å²) >= 11 is 3.41. The van der Waals surface area contributed by atoms with Crippen LogP contribution in [0, 0.1) is 0 Å². The van der Waals surface area contributed by atoms with Gasteiger partial charge >= 0.3 is 0 Å². The van der Waals surface area contributed by atoms with E-state index >= 15 is 0 Å². The van der Waals surface area contributed by atoms with E-state index in [1.54, 1.807) is 6.21 Å². The van der Waals surface area contributed by atoms with Crippen LogP contribution in [0.2, 0.25) is 0 Å². The van der Waals surface area contributed by atoms with E-state index < -0.39 is 0 Å². The maximum atomic E-state index is 12.2. The first-order valence-corrected chi connectivity index (χ1v) is 8.35. The molecule has 23 heavy (non-hydrogen) atoms. The molecule has 6 heteroatoms. The molecule has 5 nitrogen and oxygen atoms in total. The number of aromatic amines is 1. The monoisotopic (exact) mass is 372 g/mol. The topological polar surface area (TPSA) is 70.1 Å². The van der Waals surface area contributed by atoms with E-state index in [4.69, 9.17) is 0 Å². The number of carbonyl (C=O) groups excluding carboxylic acids is 1. The number of nitrogens with one attached hydrogen (secondary N) is 2. The third-order valence-corrected chi connectivity index (χ3v) is 4.16. The SMILES string of the molecule is O=C(NN=C/C(Br)=C\c1ccccc1)c1n[nH]c2c1CCCC2. The van der Waals surface area contributed by atoms with Gasteiger partial charge in [-0.05, 0) is 53.3 Å². The fraction of sp³-hybridized carbons (Fsp3) is 0.235. The molecule has 1 aliphatic carbocycles. The number of aryl methyl sites for hydroxylation is 1. The molecule has 0 saturated heterocycles. The number of carbonyl (C=O) groups is 1. The first-order chi connectivity index (χ1) is 11.2. The lowest BCUT2D eigenvalue weighted by Crippen LogP contribution is -2.20. The highest BCUT2D eigenvalue weighted by Gasteiger charge is 2.21. The second kappa shape index (κ2) is 7.37. The van der Waals surface area contributed by atoms with E-state index in [1.807, 2.05) is 36.4 Å². The largest absolute Gasteiger partial charge is 0.292 e. The second-order valence-electron chi connectivity index (χ2n) is 5.38. The summed E-state index contributed by atoms with van der Waals surface area (Å²) < 4.78 is 0.771. The molecule has 0 radical (unpaired) electrons. The first-order valence-electron chi connectivity index (χ1n) is 7.56. The zero-order chi connectivity index (χ0) is 16.1. The Morgan fingerprint density at radius 3 is 2.87 bits per heavy atom. The van der Waals surface area contributed by atoms with Crippen molar-refractivity contribution in [2.24, 2.45) is 5.10 Å². The normalized spacial score (nSPS) is 14.7. The van der Waals surface area contributed by atoms with Crippen molar-refractivity contribution in [3.8, 4) is 0 Å². The molecule has 3 rings (SSSR count). The van der Waals surface area contributed by atoms with Gasteiger partial charge in [0, 0.05) is 15.7 Å². The van der Waals surface area contributed by atoms with Gasteiger partial charge in [-0.2, -0.15) is 10.2 Å². The standard InChI is InChI=1S/C17H17BrN4O/c18-13(10-12-6-2-1-3-7-12)11-19-22-17(23)16-14-8-4-5-9-15(14)20-21-16/h1-3,6-7,10-11H,4-5,8-9H2,(H,20,21)(H,22,23)/b13-10+,19-11?. The smallest absolute Gasteiger partial charge is 0.281 e. The van der Waals surface area contributed by atoms with Crippen molar-refractivity contribution in [2.45, 2.75) is 25.7 Å². The first kappa shape index (κ1) is 15.7. The third-order valence-electron chi connectivity index (χ3n) is 3.73. The molecule has 2 N–H and O–H groups in total. The number of hydrogen-bond donors (Lipinski definition) is 2. The van der Waals surface area contributed by atoms with E-state index in [1.165, 1.54) is 0 Å². The molecule has 1 aliphatic rings. The molecule has 0 aliphatic heterocycles. The average molecular weight is 373 g/mol. The van der Waals surface area contributed by atoms with Crippen LogP contribution in [0.25, 0.3) is 6.08 Å². The predicted octanol–water partition coefficient (Wildman–Crippen LogP) is 3.44. The summed E-state index contributed by atoms with van der Waals surface area (Å²) in [5.41, 5.74) is 6.15. The Balaban J connectivity index is 1.63. The van der Waals surface area contributed by atoms with Crippen LogP contribution in [0.5, 0.6) is 0 Å². The van der Waals surface area contributed by atoms with Crippen LogP contribution in [0.1, 0.15) is 40.2 Å². The van der Waals surface area contributed by atoms with Crippen LogP contribution in [0.4, 0.5) is 0 Å². The molecule has 1 aromatic carbocycles. The highest BCUT2D eigenvalue weighted by molar-refractivity contribution is 9.12. The van der Waals surface area contributed by atoms with Crippen LogP contribution in [-0.2, 0) is 12.8 Å². The highest BCUT2D eigenvalue weighted by Crippen LogP contribution is 2.21. The number of hydrogen-bond acceptors (Lipinski definition) is 3. The molecule has 0 bridgehead atoms. The molecule has 118 valence electrons.